The third-order valence-electron chi connectivity index (χ3n) is 1.67. The Bertz CT molecular complexity index is 114. The summed E-state index contributed by atoms with van der Waals surface area (Å²) in [7, 11) is 0. The monoisotopic (exact) mass is 206 g/mol. The number of rotatable bonds is 10. The summed E-state index contributed by atoms with van der Waals surface area (Å²) in [4.78, 5) is 4.43. The van der Waals surface area contributed by atoms with Crippen LogP contribution in [0.5, 0.6) is 0 Å². The van der Waals surface area contributed by atoms with Crippen LogP contribution in [0.2, 0.25) is 0 Å². The van der Waals surface area contributed by atoms with Crippen LogP contribution < -0.4 is 11.6 Å². The van der Waals surface area contributed by atoms with E-state index in [1.165, 1.54) is 0 Å². The van der Waals surface area contributed by atoms with E-state index in [0.717, 1.165) is 19.4 Å². The van der Waals surface area contributed by atoms with Gasteiger partial charge in [0, 0.05) is 13.2 Å². The average Bonchev–Trinajstić information content (AvgIpc) is 2.18. The van der Waals surface area contributed by atoms with Crippen LogP contribution in [0.4, 0.5) is 0 Å². The lowest BCUT2D eigenvalue weighted by Crippen LogP contribution is -2.19. The Morgan fingerprint density at radius 2 is 1.86 bits per heavy atom. The molecule has 0 heterocycles. The van der Waals surface area contributed by atoms with Crippen molar-refractivity contribution >= 4 is 0 Å². The Morgan fingerprint density at radius 3 is 2.50 bits per heavy atom. The minimum Gasteiger partial charge on any atom is -0.377 e. The van der Waals surface area contributed by atoms with Gasteiger partial charge in [0.1, 0.15) is 0 Å². The first kappa shape index (κ1) is 13.8. The van der Waals surface area contributed by atoms with Gasteiger partial charge in [-0.1, -0.05) is 0 Å². The van der Waals surface area contributed by atoms with E-state index in [1.54, 1.807) is 0 Å². The summed E-state index contributed by atoms with van der Waals surface area (Å²) in [5, 5.41) is 0. The topological polar surface area (TPSA) is 79.7 Å². The molecule has 0 bridgehead atoms. The summed E-state index contributed by atoms with van der Waals surface area (Å²) in [5.74, 6) is 4.88. The molecule has 0 radical (unpaired) electrons. The Kier molecular flexibility index (Phi) is 10.7. The van der Waals surface area contributed by atoms with Crippen molar-refractivity contribution < 1.29 is 14.3 Å². The van der Waals surface area contributed by atoms with Crippen molar-refractivity contribution in [2.24, 2.45) is 11.6 Å². The lowest BCUT2D eigenvalue weighted by Gasteiger charge is -2.12. The second-order valence-electron chi connectivity index (χ2n) is 3.12. The highest BCUT2D eigenvalue weighted by Gasteiger charge is 2.01. The Hall–Kier alpha value is -0.200. The predicted molar refractivity (Wildman–Crippen MR) is 54.7 cm³/mol. The Balaban J connectivity index is 3.06. The molecule has 0 spiro atoms. The molecule has 14 heavy (non-hydrogen) atoms. The molecule has 0 fully saturated rings. The highest BCUT2D eigenvalue weighted by atomic mass is 16.6. The number of nitrogens with two attached hydrogens (primary N) is 2. The molecule has 0 aromatic heterocycles. The van der Waals surface area contributed by atoms with E-state index < -0.39 is 0 Å². The van der Waals surface area contributed by atoms with Gasteiger partial charge in [-0.05, 0) is 19.8 Å². The summed E-state index contributed by atoms with van der Waals surface area (Å²) in [5.41, 5.74) is 5.28. The number of ether oxygens (including phenoxy) is 2. The third kappa shape index (κ3) is 9.88. The van der Waals surface area contributed by atoms with Crippen LogP contribution in [0.1, 0.15) is 19.8 Å². The van der Waals surface area contributed by atoms with Crippen molar-refractivity contribution in [2.75, 3.05) is 33.0 Å². The fourth-order valence-corrected chi connectivity index (χ4v) is 0.953. The standard InChI is InChI=1S/C9H22N2O3/c1-9(8-12-7-4-10)13-5-2-3-6-14-11/h9H,2-8,10-11H2,1H3. The van der Waals surface area contributed by atoms with Crippen molar-refractivity contribution in [1.82, 2.24) is 0 Å². The zero-order valence-corrected chi connectivity index (χ0v) is 8.91. The van der Waals surface area contributed by atoms with E-state index in [4.69, 9.17) is 21.1 Å². The fourth-order valence-electron chi connectivity index (χ4n) is 0.953. The molecule has 0 aliphatic heterocycles. The van der Waals surface area contributed by atoms with Crippen LogP contribution in [-0.4, -0.2) is 39.1 Å². The third-order valence-corrected chi connectivity index (χ3v) is 1.67. The van der Waals surface area contributed by atoms with Gasteiger partial charge in [0.15, 0.2) is 0 Å². The van der Waals surface area contributed by atoms with E-state index in [9.17, 15) is 0 Å². The van der Waals surface area contributed by atoms with Gasteiger partial charge in [-0.25, -0.2) is 5.90 Å². The second-order valence-corrected chi connectivity index (χ2v) is 3.12. The first-order valence-electron chi connectivity index (χ1n) is 5.02. The van der Waals surface area contributed by atoms with Crippen LogP contribution in [0.15, 0.2) is 0 Å². The van der Waals surface area contributed by atoms with E-state index in [0.29, 0.717) is 26.4 Å². The van der Waals surface area contributed by atoms with Crippen molar-refractivity contribution in [2.45, 2.75) is 25.9 Å². The van der Waals surface area contributed by atoms with Crippen LogP contribution in [0.3, 0.4) is 0 Å². The van der Waals surface area contributed by atoms with Gasteiger partial charge < -0.3 is 20.0 Å². The predicted octanol–water partition coefficient (Wildman–Crippen LogP) is 0.0373. The molecule has 0 aromatic rings. The van der Waals surface area contributed by atoms with Gasteiger partial charge in [-0.3, -0.25) is 0 Å². The van der Waals surface area contributed by atoms with Crippen molar-refractivity contribution in [1.29, 1.82) is 0 Å². The van der Waals surface area contributed by atoms with Gasteiger partial charge >= 0.3 is 0 Å². The van der Waals surface area contributed by atoms with Gasteiger partial charge in [-0.2, -0.15) is 0 Å². The van der Waals surface area contributed by atoms with E-state index in [1.807, 2.05) is 6.92 Å². The molecule has 0 saturated heterocycles. The number of hydrogen-bond acceptors (Lipinski definition) is 5. The number of hydrogen-bond donors (Lipinski definition) is 2. The summed E-state index contributed by atoms with van der Waals surface area (Å²) in [6, 6.07) is 0. The summed E-state index contributed by atoms with van der Waals surface area (Å²) in [6.07, 6.45) is 2.01. The van der Waals surface area contributed by atoms with Gasteiger partial charge in [0.05, 0.1) is 25.9 Å². The van der Waals surface area contributed by atoms with Gasteiger partial charge in [-0.15, -0.1) is 0 Å². The lowest BCUT2D eigenvalue weighted by atomic mass is 10.3. The fraction of sp³-hybridized carbons (Fsp3) is 1.00. The zero-order valence-electron chi connectivity index (χ0n) is 8.91. The molecule has 0 aliphatic rings. The first-order valence-corrected chi connectivity index (χ1v) is 5.02. The van der Waals surface area contributed by atoms with Crippen LogP contribution >= 0.6 is 0 Å². The Labute approximate surface area is 85.6 Å². The molecular formula is C9H22N2O3. The molecule has 5 heteroatoms. The normalized spacial score (nSPS) is 13.1. The van der Waals surface area contributed by atoms with Crippen molar-refractivity contribution in [3.63, 3.8) is 0 Å². The summed E-state index contributed by atoms with van der Waals surface area (Å²) in [6.45, 7) is 5.04. The number of unbranched alkanes of at least 4 members (excludes halogenated alkanes) is 1. The minimum absolute atomic E-state index is 0.125. The van der Waals surface area contributed by atoms with Gasteiger partial charge in [0.25, 0.3) is 0 Å². The van der Waals surface area contributed by atoms with Crippen LogP contribution in [0, 0.1) is 0 Å². The zero-order chi connectivity index (χ0) is 10.6. The second kappa shape index (κ2) is 10.9. The maximum atomic E-state index is 5.47. The quantitative estimate of drug-likeness (QED) is 0.389. The van der Waals surface area contributed by atoms with E-state index in [-0.39, 0.29) is 6.10 Å². The van der Waals surface area contributed by atoms with Crippen molar-refractivity contribution in [3.8, 4) is 0 Å². The van der Waals surface area contributed by atoms with E-state index in [2.05, 4.69) is 4.84 Å². The largest absolute Gasteiger partial charge is 0.377 e. The lowest BCUT2D eigenvalue weighted by molar-refractivity contribution is -0.00759. The minimum atomic E-state index is 0.125. The molecule has 86 valence electrons. The van der Waals surface area contributed by atoms with Gasteiger partial charge in [0.2, 0.25) is 0 Å². The molecular weight excluding hydrogens is 184 g/mol. The molecule has 0 amide bonds. The van der Waals surface area contributed by atoms with Crippen LogP contribution in [-0.2, 0) is 14.3 Å². The molecule has 5 nitrogen and oxygen atoms in total. The Morgan fingerprint density at radius 1 is 1.14 bits per heavy atom. The average molecular weight is 206 g/mol. The highest BCUT2D eigenvalue weighted by Crippen LogP contribution is 1.96. The highest BCUT2D eigenvalue weighted by molar-refractivity contribution is 4.48. The molecule has 0 aliphatic carbocycles. The van der Waals surface area contributed by atoms with E-state index >= 15 is 0 Å². The summed E-state index contributed by atoms with van der Waals surface area (Å²) < 4.78 is 10.7. The molecule has 1 unspecified atom stereocenters. The van der Waals surface area contributed by atoms with Crippen molar-refractivity contribution in [3.05, 3.63) is 0 Å². The molecule has 0 aromatic carbocycles. The molecule has 0 rings (SSSR count). The summed E-state index contributed by atoms with van der Waals surface area (Å²) >= 11 is 0. The maximum absolute atomic E-state index is 5.47. The molecule has 4 N–H and O–H groups in total. The smallest absolute Gasteiger partial charge is 0.0780 e. The first-order chi connectivity index (χ1) is 6.81. The SMILES string of the molecule is CC(COCCN)OCCCCON. The van der Waals surface area contributed by atoms with Crippen LogP contribution in [0.25, 0.3) is 0 Å². The maximum Gasteiger partial charge on any atom is 0.0780 e. The molecule has 0 saturated carbocycles. The molecule has 1 atom stereocenters.